The second kappa shape index (κ2) is 8.69. The Kier molecular flexibility index (Phi) is 5.81. The first-order valence-electron chi connectivity index (χ1n) is 9.81. The molecule has 9 heteroatoms. The van der Waals surface area contributed by atoms with Crippen LogP contribution in [-0.4, -0.2) is 51.9 Å². The zero-order valence-corrected chi connectivity index (χ0v) is 17.6. The molecular formula is C22H20ClN5O3. The van der Waals surface area contributed by atoms with Gasteiger partial charge in [0.05, 0.1) is 10.6 Å². The summed E-state index contributed by atoms with van der Waals surface area (Å²) in [7, 11) is 0. The van der Waals surface area contributed by atoms with Gasteiger partial charge in [-0.05, 0) is 19.1 Å². The molecule has 31 heavy (non-hydrogen) atoms. The number of halogens is 1. The zero-order chi connectivity index (χ0) is 22.0. The van der Waals surface area contributed by atoms with Crippen LogP contribution < -0.4 is 4.90 Å². The molecule has 0 atom stereocenters. The van der Waals surface area contributed by atoms with Crippen molar-refractivity contribution < 1.29 is 9.72 Å². The monoisotopic (exact) mass is 437 g/mol. The maximum atomic E-state index is 12.8. The van der Waals surface area contributed by atoms with Crippen molar-refractivity contribution in [1.29, 1.82) is 0 Å². The number of benzene rings is 2. The maximum Gasteiger partial charge on any atom is 0.288 e. The van der Waals surface area contributed by atoms with Crippen molar-refractivity contribution in [3.05, 3.63) is 81.1 Å². The van der Waals surface area contributed by atoms with E-state index in [0.29, 0.717) is 32.0 Å². The summed E-state index contributed by atoms with van der Waals surface area (Å²) in [5.74, 6) is 1.26. The number of carbonyl (C=O) groups is 1. The number of amides is 1. The number of hydrogen-bond donors (Lipinski definition) is 0. The molecule has 2 heterocycles. The van der Waals surface area contributed by atoms with Gasteiger partial charge in [0, 0.05) is 49.4 Å². The van der Waals surface area contributed by atoms with Crippen LogP contribution in [0.4, 0.5) is 11.5 Å². The summed E-state index contributed by atoms with van der Waals surface area (Å²) in [6.07, 6.45) is 0. The largest absolute Gasteiger partial charge is 0.353 e. The lowest BCUT2D eigenvalue weighted by Gasteiger charge is -2.35. The number of nitro benzene ring substituents is 1. The van der Waals surface area contributed by atoms with E-state index in [1.54, 1.807) is 4.90 Å². The third-order valence-corrected chi connectivity index (χ3v) is 5.49. The molecule has 1 aliphatic heterocycles. The molecule has 3 aromatic rings. The van der Waals surface area contributed by atoms with Crippen LogP contribution in [0.2, 0.25) is 5.02 Å². The highest BCUT2D eigenvalue weighted by molar-refractivity contribution is 6.32. The number of nitro groups is 1. The highest BCUT2D eigenvalue weighted by Gasteiger charge is 2.25. The minimum absolute atomic E-state index is 0.0136. The Morgan fingerprint density at radius 3 is 2.42 bits per heavy atom. The highest BCUT2D eigenvalue weighted by Crippen LogP contribution is 2.26. The van der Waals surface area contributed by atoms with Gasteiger partial charge in [-0.2, -0.15) is 0 Å². The van der Waals surface area contributed by atoms with Crippen molar-refractivity contribution in [2.24, 2.45) is 0 Å². The fourth-order valence-electron chi connectivity index (χ4n) is 3.58. The van der Waals surface area contributed by atoms with Gasteiger partial charge in [-0.15, -0.1) is 0 Å². The van der Waals surface area contributed by atoms with Gasteiger partial charge in [0.25, 0.3) is 11.6 Å². The van der Waals surface area contributed by atoms with Crippen molar-refractivity contribution >= 4 is 29.0 Å². The van der Waals surface area contributed by atoms with E-state index in [1.165, 1.54) is 18.2 Å². The van der Waals surface area contributed by atoms with E-state index in [9.17, 15) is 14.9 Å². The Hall–Kier alpha value is -3.52. The van der Waals surface area contributed by atoms with Crippen LogP contribution in [0.5, 0.6) is 0 Å². The molecule has 1 saturated heterocycles. The van der Waals surface area contributed by atoms with Crippen molar-refractivity contribution in [1.82, 2.24) is 14.9 Å². The lowest BCUT2D eigenvalue weighted by Crippen LogP contribution is -2.49. The minimum atomic E-state index is -0.585. The van der Waals surface area contributed by atoms with E-state index in [1.807, 2.05) is 43.3 Å². The molecule has 1 fully saturated rings. The first-order chi connectivity index (χ1) is 14.9. The predicted octanol–water partition coefficient (Wildman–Crippen LogP) is 3.98. The first-order valence-corrected chi connectivity index (χ1v) is 10.2. The molecule has 0 aliphatic carbocycles. The Morgan fingerprint density at radius 1 is 1.03 bits per heavy atom. The topological polar surface area (TPSA) is 92.5 Å². The van der Waals surface area contributed by atoms with Gasteiger partial charge in [0.1, 0.15) is 16.7 Å². The average Bonchev–Trinajstić information content (AvgIpc) is 2.79. The highest BCUT2D eigenvalue weighted by atomic mass is 35.5. The van der Waals surface area contributed by atoms with Crippen molar-refractivity contribution in [3.8, 4) is 11.3 Å². The van der Waals surface area contributed by atoms with E-state index >= 15 is 0 Å². The number of carbonyl (C=O) groups excluding carboxylic acids is 1. The predicted molar refractivity (Wildman–Crippen MR) is 118 cm³/mol. The molecule has 158 valence electrons. The molecule has 0 saturated carbocycles. The third kappa shape index (κ3) is 4.49. The van der Waals surface area contributed by atoms with Crippen LogP contribution in [-0.2, 0) is 0 Å². The Bertz CT molecular complexity index is 1130. The number of hydrogen-bond acceptors (Lipinski definition) is 6. The van der Waals surface area contributed by atoms with Gasteiger partial charge in [0.2, 0.25) is 0 Å². The summed E-state index contributed by atoms with van der Waals surface area (Å²) in [5, 5.41) is 11.1. The van der Waals surface area contributed by atoms with Gasteiger partial charge in [-0.3, -0.25) is 14.9 Å². The first kappa shape index (κ1) is 20.7. The lowest BCUT2D eigenvalue weighted by molar-refractivity contribution is -0.384. The SMILES string of the molecule is Cc1nc(-c2ccccc2)cc(N2CCN(C(=O)c3ccc(Cl)c([N+](=O)[O-])c3)CC2)n1. The van der Waals surface area contributed by atoms with Gasteiger partial charge < -0.3 is 9.80 Å². The Balaban J connectivity index is 1.48. The summed E-state index contributed by atoms with van der Waals surface area (Å²) >= 11 is 5.85. The van der Waals surface area contributed by atoms with Gasteiger partial charge in [-0.25, -0.2) is 9.97 Å². The summed E-state index contributed by atoms with van der Waals surface area (Å²) in [6, 6.07) is 16.0. The summed E-state index contributed by atoms with van der Waals surface area (Å²) in [6.45, 7) is 4.04. The molecule has 0 unspecified atom stereocenters. The molecule has 2 aromatic carbocycles. The second-order valence-electron chi connectivity index (χ2n) is 7.23. The van der Waals surface area contributed by atoms with Crippen LogP contribution in [0, 0.1) is 17.0 Å². The fraction of sp³-hybridized carbons (Fsp3) is 0.227. The van der Waals surface area contributed by atoms with Crippen LogP contribution in [0.1, 0.15) is 16.2 Å². The maximum absolute atomic E-state index is 12.8. The molecule has 0 spiro atoms. The number of anilines is 1. The molecule has 8 nitrogen and oxygen atoms in total. The average molecular weight is 438 g/mol. The van der Waals surface area contributed by atoms with Crippen LogP contribution in [0.25, 0.3) is 11.3 Å². The fourth-order valence-corrected chi connectivity index (χ4v) is 3.76. The number of aryl methyl sites for hydroxylation is 1. The zero-order valence-electron chi connectivity index (χ0n) is 16.9. The van der Waals surface area contributed by atoms with Gasteiger partial charge in [0.15, 0.2) is 0 Å². The van der Waals surface area contributed by atoms with E-state index < -0.39 is 4.92 Å². The van der Waals surface area contributed by atoms with Crippen LogP contribution in [0.15, 0.2) is 54.6 Å². The van der Waals surface area contributed by atoms with Crippen molar-refractivity contribution in [3.63, 3.8) is 0 Å². The molecule has 4 rings (SSSR count). The van der Waals surface area contributed by atoms with E-state index in [2.05, 4.69) is 14.9 Å². The molecule has 1 aromatic heterocycles. The number of aromatic nitrogens is 2. The lowest BCUT2D eigenvalue weighted by atomic mass is 10.1. The van der Waals surface area contributed by atoms with Gasteiger partial charge >= 0.3 is 0 Å². The quantitative estimate of drug-likeness (QED) is 0.453. The van der Waals surface area contributed by atoms with Crippen molar-refractivity contribution in [2.75, 3.05) is 31.1 Å². The molecule has 0 N–H and O–H groups in total. The second-order valence-corrected chi connectivity index (χ2v) is 7.63. The minimum Gasteiger partial charge on any atom is -0.353 e. The van der Waals surface area contributed by atoms with E-state index in [4.69, 9.17) is 11.6 Å². The van der Waals surface area contributed by atoms with E-state index in [0.717, 1.165) is 17.1 Å². The summed E-state index contributed by atoms with van der Waals surface area (Å²) < 4.78 is 0. The van der Waals surface area contributed by atoms with Gasteiger partial charge in [-0.1, -0.05) is 41.9 Å². The van der Waals surface area contributed by atoms with E-state index in [-0.39, 0.29) is 22.2 Å². The Labute approximate surface area is 184 Å². The number of rotatable bonds is 4. The van der Waals surface area contributed by atoms with Crippen LogP contribution in [0.3, 0.4) is 0 Å². The number of nitrogens with zero attached hydrogens (tertiary/aromatic N) is 5. The van der Waals surface area contributed by atoms with Crippen LogP contribution >= 0.6 is 11.6 Å². The Morgan fingerprint density at radius 2 is 1.74 bits per heavy atom. The molecular weight excluding hydrogens is 418 g/mol. The standard InChI is InChI=1S/C22H20ClN5O3/c1-15-24-19(16-5-3-2-4-6-16)14-21(25-15)26-9-11-27(12-10-26)22(29)17-7-8-18(23)20(13-17)28(30)31/h2-8,13-14H,9-12H2,1H3. The normalized spacial score (nSPS) is 13.9. The number of piperazine rings is 1. The van der Waals surface area contributed by atoms with Crippen molar-refractivity contribution in [2.45, 2.75) is 6.92 Å². The smallest absolute Gasteiger partial charge is 0.288 e. The molecule has 1 amide bonds. The summed E-state index contributed by atoms with van der Waals surface area (Å²) in [4.78, 5) is 36.3. The molecule has 1 aliphatic rings. The molecule has 0 bridgehead atoms. The third-order valence-electron chi connectivity index (χ3n) is 5.17. The molecule has 0 radical (unpaired) electrons. The summed E-state index contributed by atoms with van der Waals surface area (Å²) in [5.41, 5.74) is 1.87.